The van der Waals surface area contributed by atoms with Gasteiger partial charge in [0, 0.05) is 19.3 Å². The zero-order chi connectivity index (χ0) is 19.4. The molecule has 1 fully saturated rings. The van der Waals surface area contributed by atoms with Crippen LogP contribution in [0.2, 0.25) is 0 Å². The molecule has 7 heteroatoms. The van der Waals surface area contributed by atoms with Crippen molar-refractivity contribution < 1.29 is 9.53 Å². The van der Waals surface area contributed by atoms with E-state index < -0.39 is 5.41 Å². The molecular weight excluding hydrogens is 388 g/mol. The molecule has 0 unspecified atom stereocenters. The number of para-hydroxylation sites is 2. The van der Waals surface area contributed by atoms with Crippen molar-refractivity contribution in [3.63, 3.8) is 0 Å². The summed E-state index contributed by atoms with van der Waals surface area (Å²) in [7, 11) is 1.66. The van der Waals surface area contributed by atoms with Crippen LogP contribution in [-0.2, 0) is 16.1 Å². The molecule has 0 radical (unpaired) electrons. The number of piperidine rings is 1. The van der Waals surface area contributed by atoms with E-state index in [1.807, 2.05) is 24.5 Å². The first-order valence-electron chi connectivity index (χ1n) is 9.71. The number of imidazole rings is 1. The molecule has 2 N–H and O–H groups in total. The summed E-state index contributed by atoms with van der Waals surface area (Å²) in [4.78, 5) is 17.3. The highest BCUT2D eigenvalue weighted by Crippen LogP contribution is 2.29. The number of benzene rings is 2. The quantitative estimate of drug-likeness (QED) is 0.650. The fourth-order valence-electron chi connectivity index (χ4n) is 3.93. The Kier molecular flexibility index (Phi) is 6.90. The number of fused-ring (bicyclic) bond motifs is 1. The summed E-state index contributed by atoms with van der Waals surface area (Å²) in [6.07, 6.45) is 3.45. The Balaban J connectivity index is 0.00000240. The highest BCUT2D eigenvalue weighted by molar-refractivity contribution is 5.85. The van der Waals surface area contributed by atoms with Crippen molar-refractivity contribution in [1.29, 1.82) is 0 Å². The number of nitrogens with one attached hydrogen (secondary N) is 2. The molecule has 0 bridgehead atoms. The lowest BCUT2D eigenvalue weighted by Crippen LogP contribution is -2.49. The maximum Gasteiger partial charge on any atom is 0.228 e. The second-order valence-corrected chi connectivity index (χ2v) is 7.42. The lowest BCUT2D eigenvalue weighted by atomic mass is 9.78. The summed E-state index contributed by atoms with van der Waals surface area (Å²) in [6, 6.07) is 16.3. The van der Waals surface area contributed by atoms with E-state index >= 15 is 0 Å². The Labute approximate surface area is 177 Å². The first-order chi connectivity index (χ1) is 13.7. The number of hydrogen-bond acceptors (Lipinski definition) is 4. The molecule has 1 amide bonds. The van der Waals surface area contributed by atoms with Crippen LogP contribution in [0.5, 0.6) is 0 Å². The van der Waals surface area contributed by atoms with Gasteiger partial charge in [0.25, 0.3) is 0 Å². The molecular formula is C22H27ClN4O2. The second kappa shape index (κ2) is 9.39. The van der Waals surface area contributed by atoms with E-state index in [4.69, 9.17) is 4.74 Å². The Hall–Kier alpha value is -2.41. The minimum atomic E-state index is -0.421. The second-order valence-electron chi connectivity index (χ2n) is 7.42. The molecule has 0 saturated carbocycles. The first kappa shape index (κ1) is 21.3. The van der Waals surface area contributed by atoms with Crippen molar-refractivity contribution in [3.05, 3.63) is 60.4 Å². The van der Waals surface area contributed by atoms with Gasteiger partial charge >= 0.3 is 0 Å². The lowest BCUT2D eigenvalue weighted by Gasteiger charge is -2.35. The zero-order valence-electron chi connectivity index (χ0n) is 16.6. The van der Waals surface area contributed by atoms with Gasteiger partial charge in [0.2, 0.25) is 5.91 Å². The number of halogens is 1. The van der Waals surface area contributed by atoms with Crippen LogP contribution in [-0.4, -0.2) is 42.3 Å². The molecule has 6 nitrogen and oxygen atoms in total. The van der Waals surface area contributed by atoms with E-state index in [2.05, 4.69) is 50.5 Å². The van der Waals surface area contributed by atoms with E-state index in [1.165, 1.54) is 0 Å². The molecule has 2 aromatic carbocycles. The summed E-state index contributed by atoms with van der Waals surface area (Å²) in [5, 5.41) is 6.43. The predicted octanol–water partition coefficient (Wildman–Crippen LogP) is 3.08. The van der Waals surface area contributed by atoms with Crippen molar-refractivity contribution in [3.8, 4) is 5.69 Å². The maximum atomic E-state index is 12.9. The van der Waals surface area contributed by atoms with Crippen molar-refractivity contribution in [2.45, 2.75) is 19.4 Å². The third-order valence-corrected chi connectivity index (χ3v) is 5.58. The van der Waals surface area contributed by atoms with Gasteiger partial charge in [0.1, 0.15) is 6.33 Å². The Morgan fingerprint density at radius 3 is 2.62 bits per heavy atom. The molecule has 1 aliphatic heterocycles. The highest BCUT2D eigenvalue weighted by Gasteiger charge is 2.39. The van der Waals surface area contributed by atoms with Crippen molar-refractivity contribution in [2.24, 2.45) is 5.41 Å². The number of carbonyl (C=O) groups excluding carboxylic acids is 1. The smallest absolute Gasteiger partial charge is 0.228 e. The molecule has 0 spiro atoms. The van der Waals surface area contributed by atoms with E-state index in [1.54, 1.807) is 7.11 Å². The third kappa shape index (κ3) is 4.45. The molecule has 3 aromatic rings. The Morgan fingerprint density at radius 2 is 1.90 bits per heavy atom. The van der Waals surface area contributed by atoms with Crippen LogP contribution in [0.15, 0.2) is 54.9 Å². The summed E-state index contributed by atoms with van der Waals surface area (Å²) in [6.45, 7) is 2.69. The average Bonchev–Trinajstić information content (AvgIpc) is 3.17. The lowest BCUT2D eigenvalue weighted by molar-refractivity contribution is -0.136. The fourth-order valence-corrected chi connectivity index (χ4v) is 3.93. The summed E-state index contributed by atoms with van der Waals surface area (Å²) in [5.74, 6) is 0.0838. The molecule has 4 rings (SSSR count). The minimum Gasteiger partial charge on any atom is -0.384 e. The number of ether oxygens (including phenoxy) is 1. The largest absolute Gasteiger partial charge is 0.384 e. The van der Waals surface area contributed by atoms with E-state index in [-0.39, 0.29) is 18.3 Å². The van der Waals surface area contributed by atoms with E-state index in [0.29, 0.717) is 13.2 Å². The molecule has 1 aliphatic rings. The van der Waals surface area contributed by atoms with E-state index in [0.717, 1.165) is 48.2 Å². The predicted molar refractivity (Wildman–Crippen MR) is 117 cm³/mol. The first-order valence-corrected chi connectivity index (χ1v) is 9.71. The molecule has 1 aromatic heterocycles. The molecule has 2 heterocycles. The number of hydrogen-bond donors (Lipinski definition) is 2. The van der Waals surface area contributed by atoms with Gasteiger partial charge in [-0.15, -0.1) is 12.4 Å². The standard InChI is InChI=1S/C22H26N4O2.ClH/c1-28-15-22(10-12-23-13-11-22)21(27)24-14-17-6-8-18(9-7-17)26-16-25-19-4-2-3-5-20(19)26;/h2-9,16,23H,10-15H2,1H3,(H,24,27);1H. The molecule has 0 atom stereocenters. The minimum absolute atomic E-state index is 0. The van der Waals surface area contributed by atoms with Gasteiger partial charge in [-0.05, 0) is 55.8 Å². The van der Waals surface area contributed by atoms with Gasteiger partial charge in [-0.2, -0.15) is 0 Å². The van der Waals surface area contributed by atoms with Crippen LogP contribution < -0.4 is 10.6 Å². The molecule has 154 valence electrons. The van der Waals surface area contributed by atoms with Crippen LogP contribution >= 0.6 is 12.4 Å². The monoisotopic (exact) mass is 414 g/mol. The fraction of sp³-hybridized carbons (Fsp3) is 0.364. The maximum absolute atomic E-state index is 12.9. The number of rotatable bonds is 6. The summed E-state index contributed by atoms with van der Waals surface area (Å²) >= 11 is 0. The number of aromatic nitrogens is 2. The SMILES string of the molecule is COCC1(C(=O)NCc2ccc(-n3cnc4ccccc43)cc2)CCNCC1.Cl. The Bertz CT molecular complexity index is 943. The number of methoxy groups -OCH3 is 1. The zero-order valence-corrected chi connectivity index (χ0v) is 17.4. The number of carbonyl (C=O) groups is 1. The number of nitrogens with zero attached hydrogens (tertiary/aromatic N) is 2. The molecule has 0 aliphatic carbocycles. The summed E-state index contributed by atoms with van der Waals surface area (Å²) < 4.78 is 7.42. The van der Waals surface area contributed by atoms with Gasteiger partial charge in [0.05, 0.1) is 23.1 Å². The van der Waals surface area contributed by atoms with Gasteiger partial charge < -0.3 is 15.4 Å². The number of amides is 1. The van der Waals surface area contributed by atoms with Crippen molar-refractivity contribution >= 4 is 29.3 Å². The van der Waals surface area contributed by atoms with Crippen LogP contribution in [0.4, 0.5) is 0 Å². The topological polar surface area (TPSA) is 68.2 Å². The molecule has 1 saturated heterocycles. The summed E-state index contributed by atoms with van der Waals surface area (Å²) in [5.41, 5.74) is 3.76. The van der Waals surface area contributed by atoms with E-state index in [9.17, 15) is 4.79 Å². The van der Waals surface area contributed by atoms with Crippen LogP contribution in [0.1, 0.15) is 18.4 Å². The van der Waals surface area contributed by atoms with Crippen LogP contribution in [0.3, 0.4) is 0 Å². The van der Waals surface area contributed by atoms with Gasteiger partial charge in [-0.3, -0.25) is 9.36 Å². The highest BCUT2D eigenvalue weighted by atomic mass is 35.5. The van der Waals surface area contributed by atoms with Crippen molar-refractivity contribution in [1.82, 2.24) is 20.2 Å². The average molecular weight is 415 g/mol. The van der Waals surface area contributed by atoms with Crippen molar-refractivity contribution in [2.75, 3.05) is 26.8 Å². The third-order valence-electron chi connectivity index (χ3n) is 5.58. The van der Waals surface area contributed by atoms with Crippen LogP contribution in [0, 0.1) is 5.41 Å². The van der Waals surface area contributed by atoms with Gasteiger partial charge in [-0.25, -0.2) is 4.98 Å². The van der Waals surface area contributed by atoms with Gasteiger partial charge in [0.15, 0.2) is 0 Å². The Morgan fingerprint density at radius 1 is 1.17 bits per heavy atom. The van der Waals surface area contributed by atoms with Crippen LogP contribution in [0.25, 0.3) is 16.7 Å². The normalized spacial score (nSPS) is 15.6. The van der Waals surface area contributed by atoms with Gasteiger partial charge in [-0.1, -0.05) is 24.3 Å². The molecule has 29 heavy (non-hydrogen) atoms.